The molecule has 2 N–H and O–H groups in total. The Kier molecular flexibility index (Phi) is 5.22. The van der Waals surface area contributed by atoms with E-state index in [1.165, 1.54) is 0 Å². The van der Waals surface area contributed by atoms with Crippen molar-refractivity contribution in [3.8, 4) is 0 Å². The number of hydrogen-bond acceptors (Lipinski definition) is 3. The zero-order valence-corrected chi connectivity index (χ0v) is 10.0. The fourth-order valence-corrected chi connectivity index (χ4v) is 1.67. The van der Waals surface area contributed by atoms with Crippen LogP contribution in [0.1, 0.15) is 32.6 Å². The first kappa shape index (κ1) is 14.7. The first-order chi connectivity index (χ1) is 7.85. The van der Waals surface area contributed by atoms with E-state index in [2.05, 4.69) is 10.1 Å². The van der Waals surface area contributed by atoms with Crippen molar-refractivity contribution in [3.63, 3.8) is 0 Å². The second-order valence-corrected chi connectivity index (χ2v) is 4.91. The van der Waals surface area contributed by atoms with Gasteiger partial charge in [-0.05, 0) is 32.6 Å². The second-order valence-electron chi connectivity index (χ2n) is 4.91. The van der Waals surface area contributed by atoms with Crippen molar-refractivity contribution in [3.05, 3.63) is 0 Å². The number of nitrogens with one attached hydrogen (secondary N) is 1. The molecule has 1 fully saturated rings. The van der Waals surface area contributed by atoms with E-state index in [1.807, 2.05) is 6.92 Å². The summed E-state index contributed by atoms with van der Waals surface area (Å²) in [6.07, 6.45) is -0.919. The van der Waals surface area contributed by atoms with Gasteiger partial charge in [0.25, 0.3) is 0 Å². The monoisotopic (exact) mass is 255 g/mol. The van der Waals surface area contributed by atoms with Crippen LogP contribution in [0.15, 0.2) is 0 Å². The summed E-state index contributed by atoms with van der Waals surface area (Å²) < 4.78 is 39.9. The van der Waals surface area contributed by atoms with Crippen molar-refractivity contribution in [2.75, 3.05) is 19.8 Å². The SMILES string of the molecule is CC(CO)(CCCOCC(F)(F)F)NC1CC1. The van der Waals surface area contributed by atoms with Gasteiger partial charge in [0.1, 0.15) is 6.61 Å². The minimum Gasteiger partial charge on any atom is -0.394 e. The van der Waals surface area contributed by atoms with E-state index < -0.39 is 18.3 Å². The summed E-state index contributed by atoms with van der Waals surface area (Å²) in [5.41, 5.74) is -0.400. The first-order valence-corrected chi connectivity index (χ1v) is 5.88. The van der Waals surface area contributed by atoms with E-state index in [0.29, 0.717) is 18.9 Å². The third kappa shape index (κ3) is 6.85. The zero-order valence-electron chi connectivity index (χ0n) is 10.0. The van der Waals surface area contributed by atoms with Crippen molar-refractivity contribution in [1.29, 1.82) is 0 Å². The average Bonchev–Trinajstić information content (AvgIpc) is 2.99. The molecule has 3 nitrogen and oxygen atoms in total. The van der Waals surface area contributed by atoms with Crippen molar-refractivity contribution in [2.45, 2.75) is 50.4 Å². The Balaban J connectivity index is 2.10. The van der Waals surface area contributed by atoms with Gasteiger partial charge in [-0.1, -0.05) is 0 Å². The highest BCUT2D eigenvalue weighted by Crippen LogP contribution is 2.24. The molecule has 0 heterocycles. The Hall–Kier alpha value is -0.330. The lowest BCUT2D eigenvalue weighted by Crippen LogP contribution is -2.47. The van der Waals surface area contributed by atoms with E-state index in [1.54, 1.807) is 0 Å². The molecular formula is C11H20F3NO2. The van der Waals surface area contributed by atoms with Crippen molar-refractivity contribution >= 4 is 0 Å². The summed E-state index contributed by atoms with van der Waals surface area (Å²) >= 11 is 0. The largest absolute Gasteiger partial charge is 0.411 e. The summed E-state index contributed by atoms with van der Waals surface area (Å²) in [4.78, 5) is 0. The standard InChI is InChI=1S/C11H20F3NO2/c1-10(7-16,15-9-3-4-9)5-2-6-17-8-11(12,13)14/h9,15-16H,2-8H2,1H3. The van der Waals surface area contributed by atoms with Crippen LogP contribution in [-0.4, -0.2) is 42.7 Å². The van der Waals surface area contributed by atoms with E-state index in [0.717, 1.165) is 12.8 Å². The van der Waals surface area contributed by atoms with Crippen LogP contribution in [0, 0.1) is 0 Å². The van der Waals surface area contributed by atoms with E-state index >= 15 is 0 Å². The van der Waals surface area contributed by atoms with E-state index in [9.17, 15) is 18.3 Å². The molecule has 6 heteroatoms. The number of rotatable bonds is 8. The van der Waals surface area contributed by atoms with E-state index in [-0.39, 0.29) is 13.2 Å². The fourth-order valence-electron chi connectivity index (χ4n) is 1.67. The van der Waals surface area contributed by atoms with Gasteiger partial charge in [-0.25, -0.2) is 0 Å². The molecule has 0 amide bonds. The molecule has 0 aromatic heterocycles. The summed E-state index contributed by atoms with van der Waals surface area (Å²) in [7, 11) is 0. The summed E-state index contributed by atoms with van der Waals surface area (Å²) in [5.74, 6) is 0. The average molecular weight is 255 g/mol. The van der Waals surface area contributed by atoms with Gasteiger partial charge in [0.15, 0.2) is 0 Å². The topological polar surface area (TPSA) is 41.5 Å². The molecule has 1 rings (SSSR count). The van der Waals surface area contributed by atoms with Gasteiger partial charge in [-0.15, -0.1) is 0 Å². The predicted octanol–water partition coefficient (Wildman–Crippen LogP) is 1.85. The maximum atomic E-state index is 11.8. The van der Waals surface area contributed by atoms with Crippen LogP contribution in [0.4, 0.5) is 13.2 Å². The lowest BCUT2D eigenvalue weighted by molar-refractivity contribution is -0.174. The number of hydrogen-bond donors (Lipinski definition) is 2. The Morgan fingerprint density at radius 1 is 1.35 bits per heavy atom. The highest BCUT2D eigenvalue weighted by molar-refractivity contribution is 4.92. The van der Waals surface area contributed by atoms with Crippen LogP contribution in [0.5, 0.6) is 0 Å². The molecule has 1 unspecified atom stereocenters. The molecule has 0 aromatic carbocycles. The van der Waals surface area contributed by atoms with Crippen LogP contribution in [-0.2, 0) is 4.74 Å². The number of aliphatic hydroxyl groups is 1. The van der Waals surface area contributed by atoms with Crippen LogP contribution >= 0.6 is 0 Å². The molecule has 0 bridgehead atoms. The fraction of sp³-hybridized carbons (Fsp3) is 1.00. The Labute approximate surface area is 99.3 Å². The van der Waals surface area contributed by atoms with Gasteiger partial charge in [0, 0.05) is 18.2 Å². The van der Waals surface area contributed by atoms with Gasteiger partial charge in [-0.3, -0.25) is 0 Å². The van der Waals surface area contributed by atoms with Crippen LogP contribution < -0.4 is 5.32 Å². The Morgan fingerprint density at radius 2 is 2.00 bits per heavy atom. The van der Waals surface area contributed by atoms with Crippen molar-refractivity contribution in [2.24, 2.45) is 0 Å². The van der Waals surface area contributed by atoms with Gasteiger partial charge >= 0.3 is 6.18 Å². The Bertz CT molecular complexity index is 231. The molecule has 1 aliphatic rings. The van der Waals surface area contributed by atoms with E-state index in [4.69, 9.17) is 0 Å². The Morgan fingerprint density at radius 3 is 2.47 bits per heavy atom. The van der Waals surface area contributed by atoms with Crippen LogP contribution in [0.3, 0.4) is 0 Å². The number of aliphatic hydroxyl groups excluding tert-OH is 1. The number of halogens is 3. The molecule has 1 aliphatic carbocycles. The third-order valence-corrected chi connectivity index (χ3v) is 2.76. The van der Waals surface area contributed by atoms with Gasteiger partial charge in [0.2, 0.25) is 0 Å². The maximum absolute atomic E-state index is 11.8. The van der Waals surface area contributed by atoms with Gasteiger partial charge < -0.3 is 15.2 Å². The normalized spacial score (nSPS) is 20.3. The molecule has 1 atom stereocenters. The predicted molar refractivity (Wildman–Crippen MR) is 57.8 cm³/mol. The molecular weight excluding hydrogens is 235 g/mol. The lowest BCUT2D eigenvalue weighted by atomic mass is 9.97. The highest BCUT2D eigenvalue weighted by Gasteiger charge is 2.32. The quantitative estimate of drug-likeness (QED) is 0.650. The smallest absolute Gasteiger partial charge is 0.394 e. The molecule has 0 radical (unpaired) electrons. The molecule has 0 aliphatic heterocycles. The minimum absolute atomic E-state index is 0.0111. The zero-order chi connectivity index (χ0) is 12.9. The van der Waals surface area contributed by atoms with Crippen LogP contribution in [0.25, 0.3) is 0 Å². The molecule has 1 saturated carbocycles. The number of alkyl halides is 3. The highest BCUT2D eigenvalue weighted by atomic mass is 19.4. The minimum atomic E-state index is -4.26. The molecule has 17 heavy (non-hydrogen) atoms. The summed E-state index contributed by atoms with van der Waals surface area (Å²) in [5, 5.41) is 12.6. The lowest BCUT2D eigenvalue weighted by Gasteiger charge is -2.29. The third-order valence-electron chi connectivity index (χ3n) is 2.76. The molecule has 102 valence electrons. The molecule has 0 aromatic rings. The molecule has 0 saturated heterocycles. The first-order valence-electron chi connectivity index (χ1n) is 5.88. The van der Waals surface area contributed by atoms with Crippen molar-refractivity contribution in [1.82, 2.24) is 5.32 Å². The van der Waals surface area contributed by atoms with Crippen molar-refractivity contribution < 1.29 is 23.0 Å². The van der Waals surface area contributed by atoms with Crippen LogP contribution in [0.2, 0.25) is 0 Å². The van der Waals surface area contributed by atoms with Gasteiger partial charge in [0.05, 0.1) is 6.61 Å². The van der Waals surface area contributed by atoms with Gasteiger partial charge in [-0.2, -0.15) is 13.2 Å². The summed E-state index contributed by atoms with van der Waals surface area (Å²) in [6, 6.07) is 0.461. The summed E-state index contributed by atoms with van der Waals surface area (Å²) in [6.45, 7) is 0.748. The maximum Gasteiger partial charge on any atom is 0.411 e. The second kappa shape index (κ2) is 6.02. The molecule has 0 spiro atoms. The number of ether oxygens (including phenoxy) is 1.